The van der Waals surface area contributed by atoms with Gasteiger partial charge in [-0.1, -0.05) is 23.4 Å². The summed E-state index contributed by atoms with van der Waals surface area (Å²) < 4.78 is 15.4. The third kappa shape index (κ3) is 6.43. The van der Waals surface area contributed by atoms with Gasteiger partial charge in [-0.15, -0.1) is 10.2 Å². The van der Waals surface area contributed by atoms with Crippen molar-refractivity contribution < 1.29 is 28.4 Å². The molecule has 1 amide bonds. The number of ether oxygens (including phenoxy) is 2. The highest BCUT2D eigenvalue weighted by molar-refractivity contribution is 7.99. The highest BCUT2D eigenvalue weighted by atomic mass is 35.5. The zero-order valence-electron chi connectivity index (χ0n) is 17.4. The summed E-state index contributed by atoms with van der Waals surface area (Å²) in [7, 11) is 1.28. The number of amides is 1. The zero-order valence-corrected chi connectivity index (χ0v) is 18.9. The first-order valence-corrected chi connectivity index (χ1v) is 10.6. The number of esters is 1. The Balaban J connectivity index is 1.49. The summed E-state index contributed by atoms with van der Waals surface area (Å²) in [6.45, 7) is 1.05. The molecule has 0 unspecified atom stereocenters. The first kappa shape index (κ1) is 24.0. The Morgan fingerprint density at radius 1 is 1.24 bits per heavy atom. The molecule has 0 bridgehead atoms. The van der Waals surface area contributed by atoms with Gasteiger partial charge in [0.25, 0.3) is 11.1 Å². The molecular weight excluding hydrogens is 476 g/mol. The Morgan fingerprint density at radius 3 is 2.64 bits per heavy atom. The fourth-order valence-electron chi connectivity index (χ4n) is 2.59. The maximum atomic E-state index is 12.1. The van der Waals surface area contributed by atoms with Crippen molar-refractivity contribution in [3.05, 3.63) is 57.1 Å². The fraction of sp³-hybridized carbons (Fsp3) is 0.200. The number of aryl methyl sites for hydroxylation is 1. The molecule has 3 rings (SSSR count). The highest BCUT2D eigenvalue weighted by Crippen LogP contribution is 2.32. The van der Waals surface area contributed by atoms with Gasteiger partial charge in [-0.2, -0.15) is 0 Å². The standard InChI is InChI=1S/C20H17ClN4O7S/c1-11-7-15(25(28)29)16(30-2)8-14(11)22-17(26)9-31-18(27)10-33-20-24-23-19(32-20)12-3-5-13(21)6-4-12/h3-8H,9-10H2,1-2H3,(H,22,26). The quantitative estimate of drug-likeness (QED) is 0.202. The number of nitro groups is 1. The number of benzene rings is 2. The maximum absolute atomic E-state index is 12.1. The summed E-state index contributed by atoms with van der Waals surface area (Å²) in [6, 6.07) is 9.42. The predicted octanol–water partition coefficient (Wildman–Crippen LogP) is 3.89. The van der Waals surface area contributed by atoms with E-state index in [0.29, 0.717) is 21.8 Å². The second kappa shape index (κ2) is 10.8. The van der Waals surface area contributed by atoms with Crippen molar-refractivity contribution in [1.82, 2.24) is 10.2 Å². The van der Waals surface area contributed by atoms with Crippen molar-refractivity contribution >= 4 is 46.6 Å². The first-order chi connectivity index (χ1) is 15.8. The summed E-state index contributed by atoms with van der Waals surface area (Å²) in [6.07, 6.45) is 0. The molecule has 0 atom stereocenters. The van der Waals surface area contributed by atoms with E-state index in [-0.39, 0.29) is 28.3 Å². The highest BCUT2D eigenvalue weighted by Gasteiger charge is 2.19. The Hall–Kier alpha value is -3.64. The molecule has 33 heavy (non-hydrogen) atoms. The van der Waals surface area contributed by atoms with Crippen LogP contribution in [0.3, 0.4) is 0 Å². The van der Waals surface area contributed by atoms with Crippen LogP contribution in [0.5, 0.6) is 5.75 Å². The SMILES string of the molecule is COc1cc(NC(=O)COC(=O)CSc2nnc(-c3ccc(Cl)cc3)o2)c(C)cc1[N+](=O)[O-]. The number of halogens is 1. The minimum atomic E-state index is -0.667. The lowest BCUT2D eigenvalue weighted by Crippen LogP contribution is -2.22. The number of carbonyl (C=O) groups excluding carboxylic acids is 2. The van der Waals surface area contributed by atoms with Crippen LogP contribution < -0.4 is 10.1 Å². The lowest BCUT2D eigenvalue weighted by atomic mass is 10.1. The lowest BCUT2D eigenvalue weighted by molar-refractivity contribution is -0.385. The normalized spacial score (nSPS) is 10.5. The van der Waals surface area contributed by atoms with Gasteiger partial charge in [0, 0.05) is 28.4 Å². The van der Waals surface area contributed by atoms with Gasteiger partial charge >= 0.3 is 11.7 Å². The van der Waals surface area contributed by atoms with Crippen LogP contribution in [0.2, 0.25) is 5.02 Å². The van der Waals surface area contributed by atoms with Crippen LogP contribution in [0, 0.1) is 17.0 Å². The predicted molar refractivity (Wildman–Crippen MR) is 119 cm³/mol. The molecule has 13 heteroatoms. The van der Waals surface area contributed by atoms with Gasteiger partial charge in [-0.25, -0.2) is 0 Å². The van der Waals surface area contributed by atoms with Gasteiger partial charge < -0.3 is 19.2 Å². The molecule has 1 aromatic heterocycles. The molecule has 0 fully saturated rings. The molecule has 0 saturated heterocycles. The van der Waals surface area contributed by atoms with E-state index in [2.05, 4.69) is 15.5 Å². The van der Waals surface area contributed by atoms with Crippen LogP contribution in [-0.2, 0) is 14.3 Å². The van der Waals surface area contributed by atoms with E-state index in [0.717, 1.165) is 11.8 Å². The van der Waals surface area contributed by atoms with Crippen molar-refractivity contribution in [1.29, 1.82) is 0 Å². The first-order valence-electron chi connectivity index (χ1n) is 9.27. The van der Waals surface area contributed by atoms with Gasteiger partial charge in [0.1, 0.15) is 5.75 Å². The van der Waals surface area contributed by atoms with Crippen molar-refractivity contribution in [2.75, 3.05) is 24.8 Å². The van der Waals surface area contributed by atoms with Crippen LogP contribution in [0.1, 0.15) is 5.56 Å². The van der Waals surface area contributed by atoms with Crippen LogP contribution in [-0.4, -0.2) is 46.5 Å². The van der Waals surface area contributed by atoms with E-state index >= 15 is 0 Å². The molecule has 1 heterocycles. The monoisotopic (exact) mass is 492 g/mol. The fourth-order valence-corrected chi connectivity index (χ4v) is 3.27. The van der Waals surface area contributed by atoms with E-state index in [1.165, 1.54) is 19.2 Å². The summed E-state index contributed by atoms with van der Waals surface area (Å²) in [5.74, 6) is -1.17. The number of methoxy groups -OCH3 is 1. The smallest absolute Gasteiger partial charge is 0.316 e. The Kier molecular flexibility index (Phi) is 7.85. The number of hydrogen-bond donors (Lipinski definition) is 1. The topological polar surface area (TPSA) is 147 Å². The van der Waals surface area contributed by atoms with Gasteiger partial charge in [0.05, 0.1) is 12.0 Å². The summed E-state index contributed by atoms with van der Waals surface area (Å²) in [4.78, 5) is 34.5. The van der Waals surface area contributed by atoms with E-state index in [1.807, 2.05) is 0 Å². The number of aromatic nitrogens is 2. The number of hydrogen-bond acceptors (Lipinski definition) is 10. The second-order valence-corrected chi connectivity index (χ2v) is 7.84. The van der Waals surface area contributed by atoms with E-state index in [9.17, 15) is 19.7 Å². The van der Waals surface area contributed by atoms with Crippen LogP contribution in [0.15, 0.2) is 46.0 Å². The number of anilines is 1. The minimum Gasteiger partial charge on any atom is -0.490 e. The summed E-state index contributed by atoms with van der Waals surface area (Å²) in [5, 5.41) is 22.1. The molecule has 2 aromatic carbocycles. The molecule has 0 aliphatic carbocycles. The molecule has 172 valence electrons. The maximum Gasteiger partial charge on any atom is 0.316 e. The van der Waals surface area contributed by atoms with Crippen molar-refractivity contribution in [2.45, 2.75) is 12.1 Å². The molecule has 0 radical (unpaired) electrons. The van der Waals surface area contributed by atoms with Gasteiger partial charge in [-0.05, 0) is 36.8 Å². The van der Waals surface area contributed by atoms with Crippen molar-refractivity contribution in [2.24, 2.45) is 0 Å². The van der Waals surface area contributed by atoms with E-state index < -0.39 is 23.4 Å². The minimum absolute atomic E-state index is 0.00757. The Morgan fingerprint density at radius 2 is 1.97 bits per heavy atom. The van der Waals surface area contributed by atoms with Crippen LogP contribution >= 0.6 is 23.4 Å². The number of carbonyl (C=O) groups is 2. The number of nitrogens with one attached hydrogen (secondary N) is 1. The number of rotatable bonds is 9. The Labute approximate surface area is 196 Å². The second-order valence-electron chi connectivity index (χ2n) is 6.47. The molecule has 3 aromatic rings. The van der Waals surface area contributed by atoms with Crippen LogP contribution in [0.4, 0.5) is 11.4 Å². The number of thioether (sulfide) groups is 1. The van der Waals surface area contributed by atoms with Crippen LogP contribution in [0.25, 0.3) is 11.5 Å². The van der Waals surface area contributed by atoms with E-state index in [1.54, 1.807) is 31.2 Å². The Bertz CT molecular complexity index is 1180. The zero-order chi connectivity index (χ0) is 24.0. The molecular formula is C20H17ClN4O7S. The average Bonchev–Trinajstić information content (AvgIpc) is 3.26. The third-order valence-corrected chi connectivity index (χ3v) is 5.22. The average molecular weight is 493 g/mol. The molecule has 0 spiro atoms. The molecule has 0 aliphatic rings. The largest absolute Gasteiger partial charge is 0.490 e. The number of nitrogens with zero attached hydrogens (tertiary/aromatic N) is 3. The van der Waals surface area contributed by atoms with Gasteiger partial charge in [0.15, 0.2) is 12.4 Å². The summed E-state index contributed by atoms with van der Waals surface area (Å²) >= 11 is 6.81. The van der Waals surface area contributed by atoms with Crippen molar-refractivity contribution in [3.63, 3.8) is 0 Å². The lowest BCUT2D eigenvalue weighted by Gasteiger charge is -2.11. The third-order valence-electron chi connectivity index (χ3n) is 4.17. The molecule has 0 saturated carbocycles. The molecule has 11 nitrogen and oxygen atoms in total. The van der Waals surface area contributed by atoms with Gasteiger partial charge in [0.2, 0.25) is 5.89 Å². The van der Waals surface area contributed by atoms with Crippen molar-refractivity contribution in [3.8, 4) is 17.2 Å². The summed E-state index contributed by atoms with van der Waals surface area (Å²) in [5.41, 5.74) is 1.20. The van der Waals surface area contributed by atoms with E-state index in [4.69, 9.17) is 25.5 Å². The van der Waals surface area contributed by atoms with Gasteiger partial charge in [-0.3, -0.25) is 19.7 Å². The molecule has 0 aliphatic heterocycles. The number of nitro benzene ring substituents is 1. The molecule has 1 N–H and O–H groups in total.